The highest BCUT2D eigenvalue weighted by molar-refractivity contribution is 5.97. The number of allylic oxidation sites excluding steroid dienone is 1. The van der Waals surface area contributed by atoms with Crippen molar-refractivity contribution in [2.75, 3.05) is 7.05 Å². The number of hydrogen-bond donors (Lipinski definition) is 1. The first-order chi connectivity index (χ1) is 7.24. The molecule has 0 aromatic heterocycles. The van der Waals surface area contributed by atoms with Crippen LogP contribution in [0.5, 0.6) is 0 Å². The van der Waals surface area contributed by atoms with Gasteiger partial charge in [0.25, 0.3) is 0 Å². The fraction of sp³-hybridized carbons (Fsp3) is 0.308. The monoisotopic (exact) mass is 201 g/mol. The summed E-state index contributed by atoms with van der Waals surface area (Å²) in [6.07, 6.45) is 3.09. The van der Waals surface area contributed by atoms with Crippen LogP contribution in [0, 0.1) is 0 Å². The lowest BCUT2D eigenvalue weighted by Crippen LogP contribution is -2.33. The average molecular weight is 201 g/mol. The van der Waals surface area contributed by atoms with Crippen LogP contribution in [0.4, 0.5) is 0 Å². The van der Waals surface area contributed by atoms with Gasteiger partial charge in [-0.2, -0.15) is 0 Å². The van der Waals surface area contributed by atoms with E-state index in [-0.39, 0.29) is 11.8 Å². The van der Waals surface area contributed by atoms with Gasteiger partial charge in [0.1, 0.15) is 0 Å². The van der Waals surface area contributed by atoms with Gasteiger partial charge in [-0.15, -0.1) is 0 Å². The minimum Gasteiger partial charge on any atom is -0.307 e. The number of ketones is 1. The summed E-state index contributed by atoms with van der Waals surface area (Å²) in [6.45, 7) is 1.63. The number of carbonyl (C=O) groups is 1. The van der Waals surface area contributed by atoms with Crippen molar-refractivity contribution in [2.24, 2.45) is 0 Å². The molecule has 78 valence electrons. The summed E-state index contributed by atoms with van der Waals surface area (Å²) in [6, 6.07) is 8.10. The Morgan fingerprint density at radius 3 is 2.80 bits per heavy atom. The molecule has 2 nitrogen and oxygen atoms in total. The van der Waals surface area contributed by atoms with Crippen LogP contribution >= 0.6 is 0 Å². The third kappa shape index (κ3) is 1.73. The first-order valence-corrected chi connectivity index (χ1v) is 5.20. The Balaban J connectivity index is 2.37. The molecule has 0 heterocycles. The van der Waals surface area contributed by atoms with Crippen molar-refractivity contribution in [1.82, 2.24) is 5.32 Å². The molecule has 0 saturated carbocycles. The maximum Gasteiger partial charge on any atom is 0.151 e. The predicted octanol–water partition coefficient (Wildman–Crippen LogP) is 1.80. The molecule has 1 aromatic rings. The molecule has 0 bridgehead atoms. The van der Waals surface area contributed by atoms with Gasteiger partial charge in [-0.05, 0) is 37.1 Å². The van der Waals surface area contributed by atoms with Gasteiger partial charge >= 0.3 is 0 Å². The van der Waals surface area contributed by atoms with Crippen molar-refractivity contribution in [3.05, 3.63) is 41.5 Å². The Labute approximate surface area is 90.0 Å². The molecule has 1 N–H and O–H groups in total. The second kappa shape index (κ2) is 3.99. The van der Waals surface area contributed by atoms with Crippen molar-refractivity contribution in [1.29, 1.82) is 0 Å². The molecular weight excluding hydrogens is 186 g/mol. The molecule has 1 aliphatic rings. The van der Waals surface area contributed by atoms with E-state index in [4.69, 9.17) is 0 Å². The van der Waals surface area contributed by atoms with Gasteiger partial charge in [0.15, 0.2) is 5.78 Å². The third-order valence-electron chi connectivity index (χ3n) is 2.88. The largest absolute Gasteiger partial charge is 0.307 e. The fourth-order valence-corrected chi connectivity index (χ4v) is 2.16. The van der Waals surface area contributed by atoms with E-state index in [2.05, 4.69) is 23.5 Å². The summed E-state index contributed by atoms with van der Waals surface area (Å²) in [5.41, 5.74) is 3.65. The van der Waals surface area contributed by atoms with Crippen LogP contribution in [-0.4, -0.2) is 18.9 Å². The number of likely N-dealkylation sites (N-methyl/N-ethyl adjacent to an activating group) is 1. The molecule has 1 aromatic carbocycles. The minimum atomic E-state index is -0.159. The lowest BCUT2D eigenvalue weighted by Gasteiger charge is -2.15. The fourth-order valence-electron chi connectivity index (χ4n) is 2.16. The molecule has 1 unspecified atom stereocenters. The van der Waals surface area contributed by atoms with Gasteiger partial charge in [-0.3, -0.25) is 4.79 Å². The molecule has 2 heteroatoms. The van der Waals surface area contributed by atoms with E-state index in [1.54, 1.807) is 6.92 Å². The number of benzene rings is 1. The molecule has 2 rings (SSSR count). The Kier molecular flexibility index (Phi) is 2.69. The molecule has 1 atom stereocenters. The highest BCUT2D eigenvalue weighted by Crippen LogP contribution is 2.29. The Morgan fingerprint density at radius 1 is 1.40 bits per heavy atom. The SMILES string of the molecule is CNC(C(C)=O)C1=CCc2ccccc21. The van der Waals surface area contributed by atoms with Crippen LogP contribution < -0.4 is 5.32 Å². The zero-order valence-electron chi connectivity index (χ0n) is 9.08. The topological polar surface area (TPSA) is 29.1 Å². The Morgan fingerprint density at radius 2 is 2.13 bits per heavy atom. The zero-order valence-corrected chi connectivity index (χ0v) is 9.08. The van der Waals surface area contributed by atoms with E-state index >= 15 is 0 Å². The average Bonchev–Trinajstić information content (AvgIpc) is 2.63. The minimum absolute atomic E-state index is 0.159. The second-order valence-electron chi connectivity index (χ2n) is 3.85. The normalized spacial score (nSPS) is 15.7. The number of nitrogens with one attached hydrogen (secondary N) is 1. The van der Waals surface area contributed by atoms with Gasteiger partial charge in [-0.25, -0.2) is 0 Å². The highest BCUT2D eigenvalue weighted by atomic mass is 16.1. The van der Waals surface area contributed by atoms with Crippen molar-refractivity contribution >= 4 is 11.4 Å². The van der Waals surface area contributed by atoms with E-state index in [0.717, 1.165) is 12.0 Å². The molecular formula is C13H15NO. The van der Waals surface area contributed by atoms with Crippen LogP contribution in [0.3, 0.4) is 0 Å². The molecule has 0 radical (unpaired) electrons. The first-order valence-electron chi connectivity index (χ1n) is 5.20. The van der Waals surface area contributed by atoms with E-state index in [9.17, 15) is 4.79 Å². The van der Waals surface area contributed by atoms with Crippen LogP contribution in [-0.2, 0) is 11.2 Å². The lowest BCUT2D eigenvalue weighted by atomic mass is 9.97. The highest BCUT2D eigenvalue weighted by Gasteiger charge is 2.23. The molecule has 1 aliphatic carbocycles. The summed E-state index contributed by atoms with van der Waals surface area (Å²) in [5.74, 6) is 0.167. The number of Topliss-reactive ketones (excluding diaryl/α,β-unsaturated/α-hetero) is 1. The van der Waals surface area contributed by atoms with Crippen molar-refractivity contribution in [2.45, 2.75) is 19.4 Å². The van der Waals surface area contributed by atoms with Crippen LogP contribution in [0.25, 0.3) is 5.57 Å². The molecule has 0 amide bonds. The number of carbonyl (C=O) groups excluding carboxylic acids is 1. The zero-order chi connectivity index (χ0) is 10.8. The summed E-state index contributed by atoms with van der Waals surface area (Å²) in [5, 5.41) is 3.07. The maximum absolute atomic E-state index is 11.5. The molecule has 15 heavy (non-hydrogen) atoms. The van der Waals surface area contributed by atoms with Crippen LogP contribution in [0.15, 0.2) is 30.3 Å². The van der Waals surface area contributed by atoms with Crippen LogP contribution in [0.2, 0.25) is 0 Å². The quantitative estimate of drug-likeness (QED) is 0.808. The predicted molar refractivity (Wildman–Crippen MR) is 61.7 cm³/mol. The summed E-state index contributed by atoms with van der Waals surface area (Å²) < 4.78 is 0. The van der Waals surface area contributed by atoms with Crippen molar-refractivity contribution < 1.29 is 4.79 Å². The lowest BCUT2D eigenvalue weighted by molar-refractivity contribution is -0.117. The standard InChI is InChI=1S/C13H15NO/c1-9(15)13(14-2)12-8-7-10-5-3-4-6-11(10)12/h3-6,8,13-14H,7H2,1-2H3. The molecule has 0 fully saturated rings. The number of rotatable bonds is 3. The van der Waals surface area contributed by atoms with Gasteiger partial charge in [0.2, 0.25) is 0 Å². The summed E-state index contributed by atoms with van der Waals surface area (Å²) in [4.78, 5) is 11.5. The van der Waals surface area contributed by atoms with E-state index in [1.807, 2.05) is 19.2 Å². The van der Waals surface area contributed by atoms with Gasteiger partial charge in [-0.1, -0.05) is 30.3 Å². The maximum atomic E-state index is 11.5. The smallest absolute Gasteiger partial charge is 0.151 e. The second-order valence-corrected chi connectivity index (χ2v) is 3.85. The Hall–Kier alpha value is -1.41. The third-order valence-corrected chi connectivity index (χ3v) is 2.88. The van der Waals surface area contributed by atoms with Gasteiger partial charge in [0, 0.05) is 0 Å². The van der Waals surface area contributed by atoms with E-state index < -0.39 is 0 Å². The first kappa shape index (κ1) is 10.1. The summed E-state index contributed by atoms with van der Waals surface area (Å²) >= 11 is 0. The molecule has 0 spiro atoms. The van der Waals surface area contributed by atoms with E-state index in [1.165, 1.54) is 11.1 Å². The molecule has 0 aliphatic heterocycles. The van der Waals surface area contributed by atoms with Gasteiger partial charge < -0.3 is 5.32 Å². The number of fused-ring (bicyclic) bond motifs is 1. The molecule has 0 saturated heterocycles. The van der Waals surface area contributed by atoms with Crippen molar-refractivity contribution in [3.8, 4) is 0 Å². The van der Waals surface area contributed by atoms with Crippen molar-refractivity contribution in [3.63, 3.8) is 0 Å². The Bertz CT molecular complexity index is 420. The van der Waals surface area contributed by atoms with E-state index in [0.29, 0.717) is 0 Å². The van der Waals surface area contributed by atoms with Gasteiger partial charge in [0.05, 0.1) is 6.04 Å². The van der Waals surface area contributed by atoms with Crippen LogP contribution in [0.1, 0.15) is 18.1 Å². The summed E-state index contributed by atoms with van der Waals surface area (Å²) in [7, 11) is 1.83. The number of hydrogen-bond acceptors (Lipinski definition) is 2.